The van der Waals surface area contributed by atoms with E-state index in [1.165, 1.54) is 32.8 Å². The van der Waals surface area contributed by atoms with Gasteiger partial charge >= 0.3 is 0 Å². The van der Waals surface area contributed by atoms with E-state index in [0.29, 0.717) is 29.7 Å². The molecule has 0 bridgehead atoms. The van der Waals surface area contributed by atoms with E-state index in [0.717, 1.165) is 34.2 Å². The molecule has 9 heteroatoms. The van der Waals surface area contributed by atoms with Gasteiger partial charge in [-0.2, -0.15) is 14.4 Å². The lowest BCUT2D eigenvalue weighted by Crippen LogP contribution is -2.37. The average Bonchev–Trinajstić information content (AvgIpc) is 3.32. The monoisotopic (exact) mass is 532 g/mol. The number of aromatic nitrogens is 1. The Hall–Kier alpha value is -3.40. The third-order valence-electron chi connectivity index (χ3n) is 6.51. The molecule has 0 radical (unpaired) electrons. The van der Waals surface area contributed by atoms with E-state index >= 15 is 0 Å². The minimum Gasteiger partial charge on any atom is -0.267 e. The maximum absolute atomic E-state index is 13.6. The SMILES string of the molecule is Cc1ccc2nc(N(/N=C/c3ccccc3)C(=O)c3ccc(S(=O)(=O)N4CCC(C)CC4)cc3)sc2c1. The molecule has 1 aliphatic heterocycles. The number of hydrazone groups is 1. The first-order chi connectivity index (χ1) is 17.8. The molecule has 1 aliphatic rings. The summed E-state index contributed by atoms with van der Waals surface area (Å²) in [6, 6.07) is 21.5. The number of hydrogen-bond acceptors (Lipinski definition) is 6. The fourth-order valence-corrected chi connectivity index (χ4v) is 6.72. The number of fused-ring (bicyclic) bond motifs is 1. The van der Waals surface area contributed by atoms with Crippen LogP contribution in [-0.2, 0) is 10.0 Å². The largest absolute Gasteiger partial charge is 0.280 e. The van der Waals surface area contributed by atoms with Crippen LogP contribution in [0.1, 0.15) is 41.3 Å². The Labute approximate surface area is 221 Å². The Morgan fingerprint density at radius 2 is 1.76 bits per heavy atom. The zero-order valence-corrected chi connectivity index (χ0v) is 22.4. The highest BCUT2D eigenvalue weighted by Crippen LogP contribution is 2.31. The number of nitrogens with zero attached hydrogens (tertiary/aromatic N) is 4. The summed E-state index contributed by atoms with van der Waals surface area (Å²) in [6.07, 6.45) is 3.32. The van der Waals surface area contributed by atoms with Gasteiger partial charge in [0.25, 0.3) is 5.91 Å². The second-order valence-corrected chi connectivity index (χ2v) is 12.3. The van der Waals surface area contributed by atoms with Crippen molar-refractivity contribution in [3.05, 3.63) is 89.5 Å². The van der Waals surface area contributed by atoms with Gasteiger partial charge in [0, 0.05) is 18.7 Å². The Bertz CT molecular complexity index is 1540. The molecule has 5 rings (SSSR count). The molecule has 0 atom stereocenters. The number of rotatable bonds is 6. The maximum atomic E-state index is 13.6. The molecule has 0 spiro atoms. The minimum absolute atomic E-state index is 0.188. The molecule has 37 heavy (non-hydrogen) atoms. The number of hydrogen-bond donors (Lipinski definition) is 0. The summed E-state index contributed by atoms with van der Waals surface area (Å²) in [5, 5.41) is 6.21. The molecule has 0 saturated carbocycles. The summed E-state index contributed by atoms with van der Waals surface area (Å²) in [5.41, 5.74) is 3.06. The van der Waals surface area contributed by atoms with Gasteiger partial charge in [-0.25, -0.2) is 13.4 Å². The van der Waals surface area contributed by atoms with E-state index in [4.69, 9.17) is 0 Å². The molecular weight excluding hydrogens is 504 g/mol. The maximum Gasteiger partial charge on any atom is 0.280 e. The second-order valence-electron chi connectivity index (χ2n) is 9.35. The third-order valence-corrected chi connectivity index (χ3v) is 9.42. The smallest absolute Gasteiger partial charge is 0.267 e. The van der Waals surface area contributed by atoms with Crippen LogP contribution in [0, 0.1) is 12.8 Å². The summed E-state index contributed by atoms with van der Waals surface area (Å²) in [5.74, 6) is 0.138. The standard InChI is InChI=1S/C28H28N4O3S2/c1-20-14-16-31(17-15-20)37(34,35)24-11-9-23(10-12-24)27(33)32(29-19-22-6-4-3-5-7-22)28-30-25-13-8-21(2)18-26(25)36-28/h3-13,18-20H,14-17H2,1-2H3/b29-19+. The fraction of sp³-hybridized carbons (Fsp3) is 0.250. The molecule has 2 heterocycles. The third kappa shape index (κ3) is 5.49. The molecule has 0 aliphatic carbocycles. The topological polar surface area (TPSA) is 82.9 Å². The van der Waals surface area contributed by atoms with Crippen LogP contribution in [0.2, 0.25) is 0 Å². The summed E-state index contributed by atoms with van der Waals surface area (Å²) >= 11 is 1.38. The highest BCUT2D eigenvalue weighted by molar-refractivity contribution is 7.89. The van der Waals surface area contributed by atoms with Crippen LogP contribution in [0.15, 0.2) is 82.8 Å². The molecule has 1 amide bonds. The molecule has 1 aromatic heterocycles. The van der Waals surface area contributed by atoms with Gasteiger partial charge < -0.3 is 0 Å². The van der Waals surface area contributed by atoms with Gasteiger partial charge in [0.05, 0.1) is 21.3 Å². The normalized spacial score (nSPS) is 15.4. The number of anilines is 1. The van der Waals surface area contributed by atoms with Crippen molar-refractivity contribution in [2.45, 2.75) is 31.6 Å². The number of benzene rings is 3. The number of aryl methyl sites for hydroxylation is 1. The predicted molar refractivity (Wildman–Crippen MR) is 149 cm³/mol. The van der Waals surface area contributed by atoms with Gasteiger partial charge in [0.2, 0.25) is 15.2 Å². The Balaban J connectivity index is 1.45. The van der Waals surface area contributed by atoms with Crippen LogP contribution in [0.3, 0.4) is 0 Å². The first-order valence-corrected chi connectivity index (χ1v) is 14.5. The lowest BCUT2D eigenvalue weighted by atomic mass is 10.0. The Morgan fingerprint density at radius 1 is 1.05 bits per heavy atom. The van der Waals surface area contributed by atoms with E-state index in [1.807, 2.05) is 55.5 Å². The van der Waals surface area contributed by atoms with Crippen LogP contribution >= 0.6 is 11.3 Å². The van der Waals surface area contributed by atoms with Gasteiger partial charge in [-0.3, -0.25) is 4.79 Å². The molecular formula is C28H28N4O3S2. The van der Waals surface area contributed by atoms with Crippen molar-refractivity contribution in [3.63, 3.8) is 0 Å². The van der Waals surface area contributed by atoms with Crippen LogP contribution in [0.4, 0.5) is 5.13 Å². The van der Waals surface area contributed by atoms with E-state index in [9.17, 15) is 13.2 Å². The molecule has 190 valence electrons. The summed E-state index contributed by atoms with van der Waals surface area (Å²) in [4.78, 5) is 18.5. The van der Waals surface area contributed by atoms with Gasteiger partial charge in [-0.1, -0.05) is 54.7 Å². The van der Waals surface area contributed by atoms with Gasteiger partial charge in [-0.05, 0) is 73.2 Å². The van der Waals surface area contributed by atoms with Gasteiger partial charge in [0.15, 0.2) is 0 Å². The van der Waals surface area contributed by atoms with Gasteiger partial charge in [-0.15, -0.1) is 0 Å². The minimum atomic E-state index is -3.60. The van der Waals surface area contributed by atoms with Gasteiger partial charge in [0.1, 0.15) is 0 Å². The quantitative estimate of drug-likeness (QED) is 0.235. The average molecular weight is 533 g/mol. The lowest BCUT2D eigenvalue weighted by molar-refractivity contribution is 0.0987. The number of carbonyl (C=O) groups is 1. The molecule has 1 saturated heterocycles. The zero-order chi connectivity index (χ0) is 26.0. The van der Waals surface area contributed by atoms with Crippen molar-refractivity contribution in [2.24, 2.45) is 11.0 Å². The molecule has 7 nitrogen and oxygen atoms in total. The van der Waals surface area contributed by atoms with E-state index in [-0.39, 0.29) is 4.90 Å². The van der Waals surface area contributed by atoms with Crippen LogP contribution < -0.4 is 5.01 Å². The van der Waals surface area contributed by atoms with Crippen molar-refractivity contribution in [1.29, 1.82) is 0 Å². The molecule has 0 N–H and O–H groups in total. The highest BCUT2D eigenvalue weighted by atomic mass is 32.2. The van der Waals surface area contributed by atoms with Crippen molar-refractivity contribution in [2.75, 3.05) is 18.1 Å². The number of piperidine rings is 1. The summed E-state index contributed by atoms with van der Waals surface area (Å²) in [6.45, 7) is 5.19. The molecule has 4 aromatic rings. The van der Waals surface area contributed by atoms with Crippen molar-refractivity contribution >= 4 is 48.8 Å². The van der Waals surface area contributed by atoms with Crippen molar-refractivity contribution in [3.8, 4) is 0 Å². The van der Waals surface area contributed by atoms with E-state index in [1.54, 1.807) is 18.3 Å². The Morgan fingerprint density at radius 3 is 2.46 bits per heavy atom. The Kier molecular flexibility index (Phi) is 7.19. The first kappa shape index (κ1) is 25.3. The van der Waals surface area contributed by atoms with Crippen molar-refractivity contribution in [1.82, 2.24) is 9.29 Å². The van der Waals surface area contributed by atoms with E-state index in [2.05, 4.69) is 17.0 Å². The predicted octanol–water partition coefficient (Wildman–Crippen LogP) is 5.71. The number of sulfonamides is 1. The van der Waals surface area contributed by atoms with Crippen LogP contribution in [-0.4, -0.2) is 42.9 Å². The lowest BCUT2D eigenvalue weighted by Gasteiger charge is -2.29. The summed E-state index contributed by atoms with van der Waals surface area (Å²) in [7, 11) is -3.60. The number of carbonyl (C=O) groups excluding carboxylic acids is 1. The second kappa shape index (κ2) is 10.5. The van der Waals surface area contributed by atoms with Crippen LogP contribution in [0.25, 0.3) is 10.2 Å². The molecule has 1 fully saturated rings. The zero-order valence-electron chi connectivity index (χ0n) is 20.7. The fourth-order valence-electron chi connectivity index (χ4n) is 4.23. The number of amides is 1. The highest BCUT2D eigenvalue weighted by Gasteiger charge is 2.28. The van der Waals surface area contributed by atoms with E-state index < -0.39 is 15.9 Å². The molecule has 3 aromatic carbocycles. The van der Waals surface area contributed by atoms with Crippen molar-refractivity contribution < 1.29 is 13.2 Å². The van der Waals surface area contributed by atoms with Crippen LogP contribution in [0.5, 0.6) is 0 Å². The summed E-state index contributed by atoms with van der Waals surface area (Å²) < 4.78 is 28.7. The molecule has 0 unspecified atom stereocenters. The number of thiazole rings is 1. The first-order valence-electron chi connectivity index (χ1n) is 12.2.